The molecule has 18 heavy (non-hydrogen) atoms. The third kappa shape index (κ3) is 3.09. The maximum Gasteiger partial charge on any atom is 0.209 e. The van der Waals surface area contributed by atoms with Crippen molar-refractivity contribution in [2.45, 2.75) is 24.3 Å². The minimum atomic E-state index is -3.23. The van der Waals surface area contributed by atoms with Gasteiger partial charge in [0.1, 0.15) is 0 Å². The molecule has 0 aliphatic carbocycles. The van der Waals surface area contributed by atoms with Gasteiger partial charge in [0.15, 0.2) is 9.84 Å². The molecule has 1 aromatic carbocycles. The van der Waals surface area contributed by atoms with E-state index < -0.39 is 19.9 Å². The Hall–Kier alpha value is -0.920. The van der Waals surface area contributed by atoms with Crippen LogP contribution in [0.25, 0.3) is 0 Å². The standard InChI is InChI=1S/C11H15NO4S2/c1-17(13,14)12-8-9-4-5-11-10(7-9)3-2-6-18(11,15)16/h4-5,7,12H,2-3,6,8H2,1H3. The van der Waals surface area contributed by atoms with Gasteiger partial charge in [0.05, 0.1) is 16.9 Å². The highest BCUT2D eigenvalue weighted by atomic mass is 32.2. The van der Waals surface area contributed by atoms with Gasteiger partial charge in [0, 0.05) is 6.54 Å². The van der Waals surface area contributed by atoms with Crippen molar-refractivity contribution < 1.29 is 16.8 Å². The Labute approximate surface area is 107 Å². The lowest BCUT2D eigenvalue weighted by Gasteiger charge is -2.17. The number of rotatable bonds is 3. The first-order chi connectivity index (χ1) is 8.28. The quantitative estimate of drug-likeness (QED) is 0.876. The fourth-order valence-electron chi connectivity index (χ4n) is 2.02. The molecule has 0 fully saturated rings. The van der Waals surface area contributed by atoms with E-state index in [0.29, 0.717) is 11.3 Å². The van der Waals surface area contributed by atoms with E-state index in [1.807, 2.05) is 0 Å². The first-order valence-corrected chi connectivity index (χ1v) is 9.11. The zero-order valence-corrected chi connectivity index (χ0v) is 11.6. The molecule has 1 heterocycles. The Balaban J connectivity index is 2.28. The van der Waals surface area contributed by atoms with Gasteiger partial charge in [0.2, 0.25) is 10.0 Å². The highest BCUT2D eigenvalue weighted by Gasteiger charge is 2.23. The second-order valence-corrected chi connectivity index (χ2v) is 8.37. The van der Waals surface area contributed by atoms with Crippen molar-refractivity contribution in [2.24, 2.45) is 0 Å². The second kappa shape index (κ2) is 4.64. The number of benzene rings is 1. The van der Waals surface area contributed by atoms with Crippen molar-refractivity contribution in [1.82, 2.24) is 4.72 Å². The molecule has 1 aliphatic heterocycles. The molecule has 0 unspecified atom stereocenters. The lowest BCUT2D eigenvalue weighted by molar-refractivity contribution is 0.583. The van der Waals surface area contributed by atoms with Crippen molar-refractivity contribution in [1.29, 1.82) is 0 Å². The SMILES string of the molecule is CS(=O)(=O)NCc1ccc2c(c1)CCCS2(=O)=O. The van der Waals surface area contributed by atoms with Crippen LogP contribution >= 0.6 is 0 Å². The maximum atomic E-state index is 11.8. The first kappa shape index (κ1) is 13.5. The van der Waals surface area contributed by atoms with Crippen LogP contribution in [0.4, 0.5) is 0 Å². The van der Waals surface area contributed by atoms with Gasteiger partial charge in [-0.3, -0.25) is 0 Å². The van der Waals surface area contributed by atoms with Gasteiger partial charge in [-0.1, -0.05) is 12.1 Å². The molecule has 1 aromatic rings. The molecule has 0 bridgehead atoms. The van der Waals surface area contributed by atoms with Crippen LogP contribution in [0.3, 0.4) is 0 Å². The molecular weight excluding hydrogens is 274 g/mol. The Kier molecular flexibility index (Phi) is 3.48. The summed E-state index contributed by atoms with van der Waals surface area (Å²) < 4.78 is 47.9. The predicted molar refractivity (Wildman–Crippen MR) is 68.5 cm³/mol. The van der Waals surface area contributed by atoms with Gasteiger partial charge < -0.3 is 0 Å². The number of fused-ring (bicyclic) bond motifs is 1. The Morgan fingerprint density at radius 2 is 2.06 bits per heavy atom. The summed E-state index contributed by atoms with van der Waals surface area (Å²) >= 11 is 0. The lowest BCUT2D eigenvalue weighted by Crippen LogP contribution is -2.22. The zero-order chi connectivity index (χ0) is 13.4. The topological polar surface area (TPSA) is 80.3 Å². The number of aryl methyl sites for hydroxylation is 1. The highest BCUT2D eigenvalue weighted by molar-refractivity contribution is 7.91. The summed E-state index contributed by atoms with van der Waals surface area (Å²) in [5, 5.41) is 0. The normalized spacial score (nSPS) is 18.3. The molecule has 0 radical (unpaired) electrons. The minimum absolute atomic E-state index is 0.187. The molecule has 0 amide bonds. The molecule has 100 valence electrons. The number of nitrogens with one attached hydrogen (secondary N) is 1. The summed E-state index contributed by atoms with van der Waals surface area (Å²) in [4.78, 5) is 0.386. The van der Waals surface area contributed by atoms with Crippen LogP contribution < -0.4 is 4.72 Å². The van der Waals surface area contributed by atoms with E-state index in [1.54, 1.807) is 18.2 Å². The summed E-state index contributed by atoms with van der Waals surface area (Å²) in [6.45, 7) is 0.187. The summed E-state index contributed by atoms with van der Waals surface area (Å²) in [5.41, 5.74) is 1.56. The van der Waals surface area contributed by atoms with Crippen LogP contribution in [-0.4, -0.2) is 28.8 Å². The largest absolute Gasteiger partial charge is 0.224 e. The summed E-state index contributed by atoms with van der Waals surface area (Å²) in [6.07, 6.45) is 2.44. The van der Waals surface area contributed by atoms with Crippen LogP contribution in [0.2, 0.25) is 0 Å². The highest BCUT2D eigenvalue weighted by Crippen LogP contribution is 2.25. The average molecular weight is 289 g/mol. The van der Waals surface area contributed by atoms with Gasteiger partial charge in [0.25, 0.3) is 0 Å². The van der Waals surface area contributed by atoms with E-state index >= 15 is 0 Å². The number of sulfonamides is 1. The summed E-state index contributed by atoms with van der Waals surface area (Å²) in [5.74, 6) is 0.195. The molecule has 2 rings (SSSR count). The van der Waals surface area contributed by atoms with E-state index in [-0.39, 0.29) is 12.3 Å². The van der Waals surface area contributed by atoms with Crippen LogP contribution in [0, 0.1) is 0 Å². The van der Waals surface area contributed by atoms with Gasteiger partial charge >= 0.3 is 0 Å². The third-order valence-electron chi connectivity index (χ3n) is 2.86. The predicted octanol–water partition coefficient (Wildman–Crippen LogP) is 0.456. The van der Waals surface area contributed by atoms with E-state index in [2.05, 4.69) is 4.72 Å². The molecule has 0 atom stereocenters. The number of hydrogen-bond donors (Lipinski definition) is 1. The number of sulfone groups is 1. The molecule has 0 saturated heterocycles. The molecule has 1 N–H and O–H groups in total. The molecule has 0 aromatic heterocycles. The zero-order valence-electron chi connectivity index (χ0n) is 10.0. The smallest absolute Gasteiger partial charge is 0.209 e. The Bertz CT molecular complexity index is 662. The average Bonchev–Trinajstić information content (AvgIpc) is 2.25. The maximum absolute atomic E-state index is 11.8. The van der Waals surface area contributed by atoms with Crippen molar-refractivity contribution in [3.8, 4) is 0 Å². The van der Waals surface area contributed by atoms with Crippen LogP contribution in [0.5, 0.6) is 0 Å². The molecule has 0 spiro atoms. The molecule has 7 heteroatoms. The Morgan fingerprint density at radius 1 is 1.33 bits per heavy atom. The lowest BCUT2D eigenvalue weighted by atomic mass is 10.1. The van der Waals surface area contributed by atoms with Gasteiger partial charge in [-0.2, -0.15) is 0 Å². The summed E-state index contributed by atoms with van der Waals surface area (Å²) in [7, 11) is -6.38. The fourth-order valence-corrected chi connectivity index (χ4v) is 4.03. The minimum Gasteiger partial charge on any atom is -0.224 e. The van der Waals surface area contributed by atoms with Gasteiger partial charge in [-0.25, -0.2) is 21.6 Å². The number of hydrogen-bond acceptors (Lipinski definition) is 4. The summed E-state index contributed by atoms with van der Waals surface area (Å²) in [6, 6.07) is 4.99. The monoisotopic (exact) mass is 289 g/mol. The van der Waals surface area contributed by atoms with E-state index in [9.17, 15) is 16.8 Å². The first-order valence-electron chi connectivity index (χ1n) is 5.57. The van der Waals surface area contributed by atoms with Crippen molar-refractivity contribution in [3.63, 3.8) is 0 Å². The fraction of sp³-hybridized carbons (Fsp3) is 0.455. The van der Waals surface area contributed by atoms with Gasteiger partial charge in [-0.15, -0.1) is 0 Å². The molecule has 1 aliphatic rings. The van der Waals surface area contributed by atoms with E-state index in [1.165, 1.54) is 0 Å². The van der Waals surface area contributed by atoms with Crippen molar-refractivity contribution in [3.05, 3.63) is 29.3 Å². The van der Waals surface area contributed by atoms with E-state index in [0.717, 1.165) is 23.8 Å². The van der Waals surface area contributed by atoms with Crippen LogP contribution in [-0.2, 0) is 32.8 Å². The third-order valence-corrected chi connectivity index (χ3v) is 5.42. The molecular formula is C11H15NO4S2. The molecule has 5 nitrogen and oxygen atoms in total. The Morgan fingerprint density at radius 3 is 2.72 bits per heavy atom. The van der Waals surface area contributed by atoms with Gasteiger partial charge in [-0.05, 0) is 30.0 Å². The van der Waals surface area contributed by atoms with E-state index in [4.69, 9.17) is 0 Å². The van der Waals surface area contributed by atoms with Crippen LogP contribution in [0.15, 0.2) is 23.1 Å². The molecule has 0 saturated carbocycles. The second-order valence-electron chi connectivity index (χ2n) is 4.46. The van der Waals surface area contributed by atoms with Crippen molar-refractivity contribution >= 4 is 19.9 Å². The van der Waals surface area contributed by atoms with Crippen molar-refractivity contribution in [2.75, 3.05) is 12.0 Å². The van der Waals surface area contributed by atoms with Crippen LogP contribution in [0.1, 0.15) is 17.5 Å².